The molecule has 3 rings (SSSR count). The summed E-state index contributed by atoms with van der Waals surface area (Å²) in [5, 5.41) is 17.0. The Morgan fingerprint density at radius 1 is 1.54 bits per heavy atom. The third-order valence-corrected chi connectivity index (χ3v) is 5.51. The van der Waals surface area contributed by atoms with Crippen molar-refractivity contribution in [3.05, 3.63) is 22.8 Å². The van der Waals surface area contributed by atoms with Crippen LogP contribution in [0.25, 0.3) is 0 Å². The predicted octanol–water partition coefficient (Wildman–Crippen LogP) is -4.89. The molecule has 1 saturated heterocycles. The quantitative estimate of drug-likeness (QED) is 0.214. The molecule has 0 aromatic carbocycles. The van der Waals surface area contributed by atoms with E-state index in [1.54, 1.807) is 0 Å². The number of oxime groups is 1. The summed E-state index contributed by atoms with van der Waals surface area (Å²) in [7, 11) is 1.28. The van der Waals surface area contributed by atoms with Gasteiger partial charge in [0.05, 0.1) is 16.5 Å². The van der Waals surface area contributed by atoms with Gasteiger partial charge in [-0.1, -0.05) is 16.5 Å². The summed E-state index contributed by atoms with van der Waals surface area (Å²) in [5.41, 5.74) is 5.30. The van der Waals surface area contributed by atoms with Crippen LogP contribution in [0.1, 0.15) is 4.88 Å². The minimum atomic E-state index is -1.43. The van der Waals surface area contributed by atoms with Crippen molar-refractivity contribution in [3.8, 4) is 0 Å². The molecule has 13 heteroatoms. The molecule has 2 aliphatic rings. The van der Waals surface area contributed by atoms with Crippen LogP contribution in [-0.2, 0) is 19.2 Å². The molecule has 132 valence electrons. The molecule has 3 N–H and O–H groups in total. The maximum atomic E-state index is 12.5. The van der Waals surface area contributed by atoms with Crippen molar-refractivity contribution in [1.82, 2.24) is 15.2 Å². The van der Waals surface area contributed by atoms with Gasteiger partial charge in [0.15, 0.2) is 10.8 Å². The molecular weight excluding hydrogens is 393 g/mol. The Morgan fingerprint density at radius 2 is 2.27 bits per heavy atom. The maximum absolute atomic E-state index is 12.5. The standard InChI is InChI=1S/C13H13N5O5S2.Na/c1-23-17-7(6-4-15-13(14)25-6)9(19)16-8-10(20)18-5(12(21)22)2-3-24-11(8)18;/h2,4,8,11H,3H2,1H3,(H2,14,15)(H,16,19)(H,21,22);/q;+1/p-1/b17-7+;/t8-,11-;/m1./s1. The Balaban J connectivity index is 0.00000243. The van der Waals surface area contributed by atoms with Gasteiger partial charge < -0.3 is 25.8 Å². The van der Waals surface area contributed by atoms with Crippen LogP contribution >= 0.6 is 23.1 Å². The molecule has 0 spiro atoms. The van der Waals surface area contributed by atoms with Crippen molar-refractivity contribution in [2.24, 2.45) is 5.16 Å². The zero-order valence-electron chi connectivity index (χ0n) is 13.8. The van der Waals surface area contributed by atoms with Crippen LogP contribution in [0.5, 0.6) is 0 Å². The molecule has 0 saturated carbocycles. The summed E-state index contributed by atoms with van der Waals surface area (Å²) < 4.78 is 0. The third-order valence-electron chi connectivity index (χ3n) is 3.50. The van der Waals surface area contributed by atoms with E-state index in [0.717, 1.165) is 16.2 Å². The molecule has 1 aromatic heterocycles. The fraction of sp³-hybridized carbons (Fsp3) is 0.308. The summed E-state index contributed by atoms with van der Waals surface area (Å²) in [5.74, 6) is -2.20. The fourth-order valence-corrected chi connectivity index (χ4v) is 4.28. The van der Waals surface area contributed by atoms with Crippen molar-refractivity contribution < 1.29 is 53.9 Å². The van der Waals surface area contributed by atoms with Crippen LogP contribution in [0, 0.1) is 0 Å². The van der Waals surface area contributed by atoms with Gasteiger partial charge in [-0.05, 0) is 6.08 Å². The Hall–Kier alpha value is -1.60. The van der Waals surface area contributed by atoms with Crippen molar-refractivity contribution in [2.75, 3.05) is 18.6 Å². The molecule has 2 amide bonds. The van der Waals surface area contributed by atoms with Gasteiger partial charge in [-0.2, -0.15) is 0 Å². The van der Waals surface area contributed by atoms with Crippen molar-refractivity contribution in [2.45, 2.75) is 11.4 Å². The number of amides is 2. The molecule has 1 fully saturated rings. The van der Waals surface area contributed by atoms with Crippen LogP contribution in [0.15, 0.2) is 23.1 Å². The number of aromatic nitrogens is 1. The molecule has 0 radical (unpaired) electrons. The smallest absolute Gasteiger partial charge is 0.543 e. The molecule has 0 bridgehead atoms. The van der Waals surface area contributed by atoms with E-state index in [4.69, 9.17) is 5.73 Å². The molecule has 10 nitrogen and oxygen atoms in total. The molecule has 26 heavy (non-hydrogen) atoms. The predicted molar refractivity (Wildman–Crippen MR) is 88.2 cm³/mol. The molecule has 1 aromatic rings. The van der Waals surface area contributed by atoms with E-state index in [-0.39, 0.29) is 46.1 Å². The van der Waals surface area contributed by atoms with Crippen molar-refractivity contribution in [3.63, 3.8) is 0 Å². The molecule has 0 aliphatic carbocycles. The monoisotopic (exact) mass is 405 g/mol. The second-order valence-electron chi connectivity index (χ2n) is 4.95. The summed E-state index contributed by atoms with van der Waals surface area (Å²) in [6.45, 7) is 0. The van der Waals surface area contributed by atoms with Crippen LogP contribution < -0.4 is 45.7 Å². The topological polar surface area (TPSA) is 150 Å². The van der Waals surface area contributed by atoms with Gasteiger partial charge in [0, 0.05) is 11.9 Å². The number of hydrogen-bond donors (Lipinski definition) is 2. The van der Waals surface area contributed by atoms with Crippen molar-refractivity contribution >= 4 is 51.7 Å². The van der Waals surface area contributed by atoms with E-state index in [2.05, 4.69) is 20.3 Å². The zero-order chi connectivity index (χ0) is 18.1. The summed E-state index contributed by atoms with van der Waals surface area (Å²) in [6, 6.07) is -0.868. The number of nitrogens with zero attached hydrogens (tertiary/aromatic N) is 3. The largest absolute Gasteiger partial charge is 1.00 e. The Bertz CT molecular complexity index is 811. The van der Waals surface area contributed by atoms with Crippen LogP contribution in [0.2, 0.25) is 0 Å². The van der Waals surface area contributed by atoms with Gasteiger partial charge in [0.1, 0.15) is 18.5 Å². The minimum absolute atomic E-state index is 0. The van der Waals surface area contributed by atoms with Gasteiger partial charge in [-0.25, -0.2) is 4.98 Å². The van der Waals surface area contributed by atoms with Crippen LogP contribution in [-0.4, -0.2) is 57.7 Å². The maximum Gasteiger partial charge on any atom is 1.00 e. The number of fused-ring (bicyclic) bond motifs is 1. The molecule has 2 aliphatic heterocycles. The van der Waals surface area contributed by atoms with Crippen LogP contribution in [0.4, 0.5) is 5.13 Å². The number of carbonyl (C=O) groups is 3. The number of aliphatic carboxylic acids is 1. The second kappa shape index (κ2) is 8.39. The number of carbonyl (C=O) groups excluding carboxylic acids is 3. The number of carboxylic acids is 1. The molecule has 3 heterocycles. The first-order valence-electron chi connectivity index (χ1n) is 6.94. The number of rotatable bonds is 5. The number of thiazole rings is 1. The second-order valence-corrected chi connectivity index (χ2v) is 7.16. The SMILES string of the molecule is CO/N=C(/C(=O)N[C@@H]1C(=O)N2C(C(=O)[O-])=CCS[C@H]12)c1cnc(N)s1.[Na+]. The van der Waals surface area contributed by atoms with E-state index in [9.17, 15) is 19.5 Å². The Labute approximate surface area is 178 Å². The summed E-state index contributed by atoms with van der Waals surface area (Å²) >= 11 is 2.38. The fourth-order valence-electron chi connectivity index (χ4n) is 2.43. The molecule has 2 atom stereocenters. The average molecular weight is 405 g/mol. The van der Waals surface area contributed by atoms with E-state index in [1.165, 1.54) is 31.1 Å². The van der Waals surface area contributed by atoms with Gasteiger partial charge in [-0.3, -0.25) is 14.5 Å². The number of nitrogens with one attached hydrogen (secondary N) is 1. The first-order valence-corrected chi connectivity index (χ1v) is 8.80. The number of β-lactam (4-membered cyclic amide) rings is 1. The number of hydrogen-bond acceptors (Lipinski definition) is 10. The first-order chi connectivity index (χ1) is 11.9. The van der Waals surface area contributed by atoms with Gasteiger partial charge in [0.25, 0.3) is 11.8 Å². The normalized spacial score (nSPS) is 21.7. The van der Waals surface area contributed by atoms with E-state index in [0.29, 0.717) is 10.6 Å². The summed E-state index contributed by atoms with van der Waals surface area (Å²) in [4.78, 5) is 45.8. The van der Waals surface area contributed by atoms with E-state index in [1.807, 2.05) is 0 Å². The van der Waals surface area contributed by atoms with Crippen molar-refractivity contribution in [1.29, 1.82) is 0 Å². The van der Waals surface area contributed by atoms with Gasteiger partial charge >= 0.3 is 29.6 Å². The number of carboxylic acid groups (broad SMARTS) is 1. The van der Waals surface area contributed by atoms with Gasteiger partial charge in [0.2, 0.25) is 0 Å². The number of anilines is 1. The van der Waals surface area contributed by atoms with Gasteiger partial charge in [-0.15, -0.1) is 11.8 Å². The molecule has 0 unspecified atom stereocenters. The van der Waals surface area contributed by atoms with Crippen LogP contribution in [0.3, 0.4) is 0 Å². The third kappa shape index (κ3) is 3.74. The minimum Gasteiger partial charge on any atom is -0.543 e. The Kier molecular flexibility index (Phi) is 6.69. The zero-order valence-corrected chi connectivity index (χ0v) is 17.4. The number of nitrogens with two attached hydrogens (primary N) is 1. The Morgan fingerprint density at radius 3 is 2.85 bits per heavy atom. The van der Waals surface area contributed by atoms with E-state index < -0.39 is 29.2 Å². The molecular formula is C13H12N5NaO5S2. The summed E-state index contributed by atoms with van der Waals surface area (Å²) in [6.07, 6.45) is 2.78. The number of nitrogen functional groups attached to an aromatic ring is 1. The average Bonchev–Trinajstić information content (AvgIpc) is 3.02. The van der Waals surface area contributed by atoms with E-state index >= 15 is 0 Å². The first kappa shape index (κ1) is 20.7. The number of thioether (sulfide) groups is 1.